The summed E-state index contributed by atoms with van der Waals surface area (Å²) in [7, 11) is 0. The van der Waals surface area contributed by atoms with Gasteiger partial charge in [0.2, 0.25) is 5.91 Å². The third-order valence-electron chi connectivity index (χ3n) is 3.04. The summed E-state index contributed by atoms with van der Waals surface area (Å²) in [4.78, 5) is 22.0. The number of nitrogens with one attached hydrogen (secondary N) is 2. The van der Waals surface area contributed by atoms with Crippen molar-refractivity contribution in [2.75, 3.05) is 10.6 Å². The summed E-state index contributed by atoms with van der Waals surface area (Å²) in [5, 5.41) is 15.8. The number of anilines is 2. The smallest absolute Gasteiger partial charge is 0.269 e. The molecule has 0 heterocycles. The van der Waals surface area contributed by atoms with Crippen LogP contribution in [0.25, 0.3) is 0 Å². The van der Waals surface area contributed by atoms with Crippen LogP contribution < -0.4 is 10.6 Å². The summed E-state index contributed by atoms with van der Waals surface area (Å²) in [5.41, 5.74) is 0.561. The monoisotopic (exact) mass is 321 g/mol. The average molecular weight is 321 g/mol. The van der Waals surface area contributed by atoms with Gasteiger partial charge in [0.1, 0.15) is 6.04 Å². The van der Waals surface area contributed by atoms with Gasteiger partial charge in [-0.25, -0.2) is 8.78 Å². The second-order valence-electron chi connectivity index (χ2n) is 4.79. The minimum absolute atomic E-state index is 0.0871. The highest BCUT2D eigenvalue weighted by atomic mass is 19.2. The van der Waals surface area contributed by atoms with E-state index < -0.39 is 28.5 Å². The highest BCUT2D eigenvalue weighted by molar-refractivity contribution is 5.96. The zero-order valence-corrected chi connectivity index (χ0v) is 12.0. The third kappa shape index (κ3) is 4.22. The largest absolute Gasteiger partial charge is 0.374 e. The van der Waals surface area contributed by atoms with Gasteiger partial charge in [0.15, 0.2) is 11.6 Å². The molecule has 0 spiro atoms. The van der Waals surface area contributed by atoms with Crippen LogP contribution in [0.1, 0.15) is 6.92 Å². The summed E-state index contributed by atoms with van der Waals surface area (Å²) in [5.74, 6) is -2.42. The molecule has 0 aliphatic rings. The Labute approximate surface area is 130 Å². The number of nitro benzene ring substituents is 1. The Hall–Kier alpha value is -3.03. The van der Waals surface area contributed by atoms with Crippen LogP contribution in [0.15, 0.2) is 42.5 Å². The van der Waals surface area contributed by atoms with Crippen LogP contribution in [0.2, 0.25) is 0 Å². The summed E-state index contributed by atoms with van der Waals surface area (Å²) in [6.45, 7) is 1.54. The SMILES string of the molecule is CC(Nc1ccc(F)c(F)c1)C(=O)Nc1ccc([N+](=O)[O-])cc1. The van der Waals surface area contributed by atoms with E-state index in [2.05, 4.69) is 10.6 Å². The van der Waals surface area contributed by atoms with E-state index in [1.54, 1.807) is 6.92 Å². The number of halogens is 2. The number of non-ortho nitro benzene ring substituents is 1. The van der Waals surface area contributed by atoms with E-state index in [4.69, 9.17) is 0 Å². The molecular formula is C15H13F2N3O3. The van der Waals surface area contributed by atoms with Crippen molar-refractivity contribution >= 4 is 23.0 Å². The van der Waals surface area contributed by atoms with Crippen molar-refractivity contribution in [1.82, 2.24) is 0 Å². The van der Waals surface area contributed by atoms with Gasteiger partial charge >= 0.3 is 0 Å². The van der Waals surface area contributed by atoms with E-state index >= 15 is 0 Å². The molecule has 0 aliphatic carbocycles. The Morgan fingerprint density at radius 1 is 1.09 bits per heavy atom. The minimum Gasteiger partial charge on any atom is -0.374 e. The molecule has 1 amide bonds. The van der Waals surface area contributed by atoms with Crippen LogP contribution in [0.4, 0.5) is 25.8 Å². The maximum Gasteiger partial charge on any atom is 0.269 e. The molecule has 120 valence electrons. The molecule has 23 heavy (non-hydrogen) atoms. The molecule has 0 saturated heterocycles. The first-order chi connectivity index (χ1) is 10.9. The number of benzene rings is 2. The summed E-state index contributed by atoms with van der Waals surface area (Å²) in [6, 6.07) is 7.83. The predicted molar refractivity (Wildman–Crippen MR) is 81.2 cm³/mol. The zero-order valence-electron chi connectivity index (χ0n) is 12.0. The molecule has 0 radical (unpaired) electrons. The molecule has 0 bridgehead atoms. The highest BCUT2D eigenvalue weighted by Gasteiger charge is 2.14. The topological polar surface area (TPSA) is 84.3 Å². The van der Waals surface area contributed by atoms with E-state index in [1.165, 1.54) is 30.3 Å². The van der Waals surface area contributed by atoms with Gasteiger partial charge in [-0.3, -0.25) is 14.9 Å². The first kappa shape index (κ1) is 16.3. The second-order valence-corrected chi connectivity index (χ2v) is 4.79. The van der Waals surface area contributed by atoms with E-state index in [0.29, 0.717) is 5.69 Å². The van der Waals surface area contributed by atoms with Crippen molar-refractivity contribution in [3.8, 4) is 0 Å². The van der Waals surface area contributed by atoms with Crippen LogP contribution >= 0.6 is 0 Å². The Kier molecular flexibility index (Phi) is 4.85. The fourth-order valence-corrected chi connectivity index (χ4v) is 1.82. The lowest BCUT2D eigenvalue weighted by atomic mass is 10.2. The van der Waals surface area contributed by atoms with Crippen molar-refractivity contribution in [2.45, 2.75) is 13.0 Å². The lowest BCUT2D eigenvalue weighted by Gasteiger charge is -2.15. The number of hydrogen-bond donors (Lipinski definition) is 2. The van der Waals surface area contributed by atoms with Crippen LogP contribution in [0.5, 0.6) is 0 Å². The van der Waals surface area contributed by atoms with Crippen LogP contribution in [0, 0.1) is 21.7 Å². The summed E-state index contributed by atoms with van der Waals surface area (Å²) in [6.07, 6.45) is 0. The molecule has 1 atom stereocenters. The van der Waals surface area contributed by atoms with Crippen molar-refractivity contribution < 1.29 is 18.5 Å². The van der Waals surface area contributed by atoms with Crippen molar-refractivity contribution in [3.63, 3.8) is 0 Å². The Balaban J connectivity index is 1.99. The molecule has 6 nitrogen and oxygen atoms in total. The Bertz CT molecular complexity index is 735. The average Bonchev–Trinajstić information content (AvgIpc) is 2.51. The number of hydrogen-bond acceptors (Lipinski definition) is 4. The number of carbonyl (C=O) groups excluding carboxylic acids is 1. The third-order valence-corrected chi connectivity index (χ3v) is 3.04. The van der Waals surface area contributed by atoms with Gasteiger partial charge in [-0.1, -0.05) is 0 Å². The van der Waals surface area contributed by atoms with E-state index in [1.807, 2.05) is 0 Å². The maximum atomic E-state index is 13.1. The normalized spacial score (nSPS) is 11.6. The molecule has 0 saturated carbocycles. The summed E-state index contributed by atoms with van der Waals surface area (Å²) < 4.78 is 26.0. The molecule has 0 aliphatic heterocycles. The lowest BCUT2D eigenvalue weighted by Crippen LogP contribution is -2.31. The van der Waals surface area contributed by atoms with Crippen LogP contribution in [-0.4, -0.2) is 16.9 Å². The molecule has 1 unspecified atom stereocenters. The fourth-order valence-electron chi connectivity index (χ4n) is 1.82. The highest BCUT2D eigenvalue weighted by Crippen LogP contribution is 2.17. The fraction of sp³-hybridized carbons (Fsp3) is 0.133. The van der Waals surface area contributed by atoms with Gasteiger partial charge in [0.25, 0.3) is 5.69 Å². The van der Waals surface area contributed by atoms with Gasteiger partial charge in [-0.2, -0.15) is 0 Å². The Morgan fingerprint density at radius 2 is 1.70 bits per heavy atom. The van der Waals surface area contributed by atoms with Crippen molar-refractivity contribution in [3.05, 3.63) is 64.2 Å². The number of rotatable bonds is 5. The molecule has 0 fully saturated rings. The number of carbonyl (C=O) groups is 1. The van der Waals surface area contributed by atoms with Gasteiger partial charge in [0, 0.05) is 29.6 Å². The van der Waals surface area contributed by atoms with Crippen molar-refractivity contribution in [2.24, 2.45) is 0 Å². The molecule has 2 aromatic rings. The standard InChI is InChI=1S/C15H13F2N3O3/c1-9(18-11-4-7-13(16)14(17)8-11)15(21)19-10-2-5-12(6-3-10)20(22)23/h2-9,18H,1H3,(H,19,21). The van der Waals surface area contributed by atoms with Gasteiger partial charge in [-0.05, 0) is 31.2 Å². The summed E-state index contributed by atoms with van der Waals surface area (Å²) >= 11 is 0. The minimum atomic E-state index is -1.02. The number of amides is 1. The number of nitrogens with zero attached hydrogens (tertiary/aromatic N) is 1. The molecule has 2 aromatic carbocycles. The molecule has 2 rings (SSSR count). The van der Waals surface area contributed by atoms with Crippen LogP contribution in [-0.2, 0) is 4.79 Å². The second kappa shape index (κ2) is 6.82. The number of nitro groups is 1. The molecular weight excluding hydrogens is 308 g/mol. The van der Waals surface area contributed by atoms with E-state index in [-0.39, 0.29) is 11.4 Å². The van der Waals surface area contributed by atoms with Gasteiger partial charge in [-0.15, -0.1) is 0 Å². The van der Waals surface area contributed by atoms with E-state index in [9.17, 15) is 23.7 Å². The zero-order chi connectivity index (χ0) is 17.0. The predicted octanol–water partition coefficient (Wildman–Crippen LogP) is 3.31. The van der Waals surface area contributed by atoms with Gasteiger partial charge < -0.3 is 10.6 Å². The maximum absolute atomic E-state index is 13.1. The molecule has 8 heteroatoms. The van der Waals surface area contributed by atoms with Gasteiger partial charge in [0.05, 0.1) is 4.92 Å². The Morgan fingerprint density at radius 3 is 2.26 bits per heavy atom. The quantitative estimate of drug-likeness (QED) is 0.653. The van der Waals surface area contributed by atoms with E-state index in [0.717, 1.165) is 12.1 Å². The first-order valence-corrected chi connectivity index (χ1v) is 6.63. The lowest BCUT2D eigenvalue weighted by molar-refractivity contribution is -0.384. The van der Waals surface area contributed by atoms with Crippen molar-refractivity contribution in [1.29, 1.82) is 0 Å². The molecule has 0 aromatic heterocycles. The van der Waals surface area contributed by atoms with Crippen LogP contribution in [0.3, 0.4) is 0 Å². The first-order valence-electron chi connectivity index (χ1n) is 6.63. The molecule has 2 N–H and O–H groups in total.